The SMILES string of the molecule is Cc1ccc(NC(=O)C(C)n2cnc3sc(C)c(-c4ccc(F)cc4)c3c2=O)cc1Cl. The zero-order valence-corrected chi connectivity index (χ0v) is 18.6. The number of rotatable bonds is 4. The van der Waals surface area contributed by atoms with Crippen molar-refractivity contribution in [3.05, 3.63) is 80.4 Å². The fourth-order valence-corrected chi connectivity index (χ4v) is 4.58. The molecule has 1 amide bonds. The summed E-state index contributed by atoms with van der Waals surface area (Å²) in [6.07, 6.45) is 1.39. The van der Waals surface area contributed by atoms with Crippen LogP contribution in [0.15, 0.2) is 53.6 Å². The summed E-state index contributed by atoms with van der Waals surface area (Å²) in [6.45, 7) is 5.40. The molecule has 158 valence electrons. The number of amides is 1. The van der Waals surface area contributed by atoms with Crippen LogP contribution in [0.3, 0.4) is 0 Å². The van der Waals surface area contributed by atoms with E-state index in [4.69, 9.17) is 11.6 Å². The summed E-state index contributed by atoms with van der Waals surface area (Å²) in [5.41, 5.74) is 2.57. The van der Waals surface area contributed by atoms with Crippen LogP contribution in [-0.4, -0.2) is 15.5 Å². The smallest absolute Gasteiger partial charge is 0.263 e. The van der Waals surface area contributed by atoms with Gasteiger partial charge >= 0.3 is 0 Å². The van der Waals surface area contributed by atoms with Gasteiger partial charge in [0.15, 0.2) is 0 Å². The first-order valence-corrected chi connectivity index (χ1v) is 10.8. The molecule has 0 saturated heterocycles. The van der Waals surface area contributed by atoms with Gasteiger partial charge in [0, 0.05) is 21.2 Å². The summed E-state index contributed by atoms with van der Waals surface area (Å²) in [5, 5.41) is 3.76. The predicted octanol–water partition coefficient (Wildman–Crippen LogP) is 5.73. The molecule has 8 heteroatoms. The highest BCUT2D eigenvalue weighted by Gasteiger charge is 2.22. The van der Waals surface area contributed by atoms with E-state index in [2.05, 4.69) is 10.3 Å². The van der Waals surface area contributed by atoms with E-state index in [1.807, 2.05) is 19.9 Å². The van der Waals surface area contributed by atoms with E-state index in [9.17, 15) is 14.0 Å². The van der Waals surface area contributed by atoms with Gasteiger partial charge in [-0.2, -0.15) is 0 Å². The van der Waals surface area contributed by atoms with Gasteiger partial charge in [-0.05, 0) is 56.2 Å². The number of nitrogens with one attached hydrogen (secondary N) is 1. The van der Waals surface area contributed by atoms with Crippen molar-refractivity contribution < 1.29 is 9.18 Å². The zero-order chi connectivity index (χ0) is 22.3. The van der Waals surface area contributed by atoms with E-state index < -0.39 is 6.04 Å². The van der Waals surface area contributed by atoms with Crippen LogP contribution < -0.4 is 10.9 Å². The predicted molar refractivity (Wildman–Crippen MR) is 124 cm³/mol. The van der Waals surface area contributed by atoms with Gasteiger partial charge in [-0.3, -0.25) is 14.2 Å². The molecular formula is C23H19ClFN3O2S. The Labute approximate surface area is 187 Å². The lowest BCUT2D eigenvalue weighted by atomic mass is 10.0. The third kappa shape index (κ3) is 3.98. The molecule has 2 aromatic heterocycles. The first-order chi connectivity index (χ1) is 14.8. The number of benzene rings is 2. The van der Waals surface area contributed by atoms with Gasteiger partial charge in [0.25, 0.3) is 5.56 Å². The lowest BCUT2D eigenvalue weighted by Crippen LogP contribution is -2.31. The number of aromatic nitrogens is 2. The van der Waals surface area contributed by atoms with E-state index >= 15 is 0 Å². The average molecular weight is 456 g/mol. The minimum absolute atomic E-state index is 0.321. The van der Waals surface area contributed by atoms with Crippen molar-refractivity contribution in [3.8, 4) is 11.1 Å². The lowest BCUT2D eigenvalue weighted by Gasteiger charge is -2.15. The fourth-order valence-electron chi connectivity index (χ4n) is 3.40. The Morgan fingerprint density at radius 3 is 2.58 bits per heavy atom. The molecule has 0 radical (unpaired) electrons. The van der Waals surface area contributed by atoms with Crippen molar-refractivity contribution in [2.45, 2.75) is 26.8 Å². The molecule has 4 rings (SSSR count). The number of aryl methyl sites for hydroxylation is 2. The maximum atomic E-state index is 13.4. The second-order valence-corrected chi connectivity index (χ2v) is 8.92. The molecule has 0 fully saturated rings. The highest BCUT2D eigenvalue weighted by Crippen LogP contribution is 2.35. The van der Waals surface area contributed by atoms with Gasteiger partial charge in [-0.15, -0.1) is 11.3 Å². The summed E-state index contributed by atoms with van der Waals surface area (Å²) < 4.78 is 14.7. The van der Waals surface area contributed by atoms with Crippen molar-refractivity contribution >= 4 is 44.7 Å². The van der Waals surface area contributed by atoms with Gasteiger partial charge in [-0.1, -0.05) is 29.8 Å². The summed E-state index contributed by atoms with van der Waals surface area (Å²) in [5.74, 6) is -0.712. The molecule has 5 nitrogen and oxygen atoms in total. The van der Waals surface area contributed by atoms with Crippen LogP contribution in [0.1, 0.15) is 23.4 Å². The second kappa shape index (κ2) is 8.24. The molecule has 0 aliphatic rings. The Balaban J connectivity index is 1.74. The Kier molecular flexibility index (Phi) is 5.64. The number of carbonyl (C=O) groups excluding carboxylic acids is 1. The number of carbonyl (C=O) groups is 1. The van der Waals surface area contributed by atoms with E-state index in [0.29, 0.717) is 26.5 Å². The van der Waals surface area contributed by atoms with Crippen molar-refractivity contribution in [2.75, 3.05) is 5.32 Å². The maximum absolute atomic E-state index is 13.4. The standard InChI is InChI=1S/C23H19ClFN3O2S/c1-12-4-9-17(10-18(12)24)27-21(29)13(2)28-11-26-22-20(23(28)30)19(14(3)31-22)15-5-7-16(25)8-6-15/h4-11,13H,1-3H3,(H,27,29). The molecule has 0 aliphatic heterocycles. The van der Waals surface area contributed by atoms with Gasteiger partial charge in [0.05, 0.1) is 11.7 Å². The Bertz CT molecular complexity index is 1360. The third-order valence-electron chi connectivity index (χ3n) is 5.18. The normalized spacial score (nSPS) is 12.2. The lowest BCUT2D eigenvalue weighted by molar-refractivity contribution is -0.118. The van der Waals surface area contributed by atoms with Crippen LogP contribution in [0.25, 0.3) is 21.3 Å². The molecule has 0 bridgehead atoms. The number of halogens is 2. The summed E-state index contributed by atoms with van der Waals surface area (Å²) in [6, 6.07) is 10.4. The van der Waals surface area contributed by atoms with Gasteiger partial charge in [0.1, 0.15) is 16.7 Å². The largest absolute Gasteiger partial charge is 0.324 e. The molecular weight excluding hydrogens is 437 g/mol. The first-order valence-electron chi connectivity index (χ1n) is 9.59. The minimum atomic E-state index is -0.800. The number of fused-ring (bicyclic) bond motifs is 1. The molecule has 4 aromatic rings. The van der Waals surface area contributed by atoms with Crippen LogP contribution in [0.5, 0.6) is 0 Å². The minimum Gasteiger partial charge on any atom is -0.324 e. The summed E-state index contributed by atoms with van der Waals surface area (Å²) in [7, 11) is 0. The van der Waals surface area contributed by atoms with Crippen LogP contribution in [0.4, 0.5) is 10.1 Å². The number of thiophene rings is 1. The maximum Gasteiger partial charge on any atom is 0.263 e. The van der Waals surface area contributed by atoms with Crippen LogP contribution in [0.2, 0.25) is 5.02 Å². The highest BCUT2D eigenvalue weighted by atomic mass is 35.5. The second-order valence-electron chi connectivity index (χ2n) is 7.31. The molecule has 1 N–H and O–H groups in total. The number of nitrogens with zero attached hydrogens (tertiary/aromatic N) is 2. The van der Waals surface area contributed by atoms with Crippen molar-refractivity contribution in [1.82, 2.24) is 9.55 Å². The van der Waals surface area contributed by atoms with Crippen molar-refractivity contribution in [1.29, 1.82) is 0 Å². The molecule has 1 unspecified atom stereocenters. The Morgan fingerprint density at radius 2 is 1.90 bits per heavy atom. The van der Waals surface area contributed by atoms with Crippen LogP contribution in [0, 0.1) is 19.7 Å². The number of anilines is 1. The van der Waals surface area contributed by atoms with Gasteiger partial charge in [-0.25, -0.2) is 9.37 Å². The fraction of sp³-hybridized carbons (Fsp3) is 0.174. The average Bonchev–Trinajstić information content (AvgIpc) is 3.08. The van der Waals surface area contributed by atoms with Gasteiger partial charge < -0.3 is 5.32 Å². The van der Waals surface area contributed by atoms with E-state index in [1.54, 1.807) is 31.2 Å². The molecule has 2 heterocycles. The first kappa shape index (κ1) is 21.2. The summed E-state index contributed by atoms with van der Waals surface area (Å²) >= 11 is 7.53. The third-order valence-corrected chi connectivity index (χ3v) is 6.60. The van der Waals surface area contributed by atoms with Crippen LogP contribution >= 0.6 is 22.9 Å². The number of hydrogen-bond acceptors (Lipinski definition) is 4. The van der Waals surface area contributed by atoms with Crippen LogP contribution in [-0.2, 0) is 4.79 Å². The molecule has 31 heavy (non-hydrogen) atoms. The summed E-state index contributed by atoms with van der Waals surface area (Å²) in [4.78, 5) is 32.1. The van der Waals surface area contributed by atoms with E-state index in [-0.39, 0.29) is 17.3 Å². The molecule has 0 aliphatic carbocycles. The Morgan fingerprint density at radius 1 is 1.19 bits per heavy atom. The monoisotopic (exact) mass is 455 g/mol. The molecule has 0 saturated carbocycles. The highest BCUT2D eigenvalue weighted by molar-refractivity contribution is 7.19. The quantitative estimate of drug-likeness (QED) is 0.427. The Hall–Kier alpha value is -3.03. The molecule has 0 spiro atoms. The van der Waals surface area contributed by atoms with Crippen molar-refractivity contribution in [3.63, 3.8) is 0 Å². The van der Waals surface area contributed by atoms with E-state index in [1.165, 1.54) is 34.4 Å². The zero-order valence-electron chi connectivity index (χ0n) is 17.1. The van der Waals surface area contributed by atoms with Gasteiger partial charge in [0.2, 0.25) is 5.91 Å². The molecule has 2 aromatic carbocycles. The van der Waals surface area contributed by atoms with Crippen molar-refractivity contribution in [2.24, 2.45) is 0 Å². The topological polar surface area (TPSA) is 64.0 Å². The van der Waals surface area contributed by atoms with E-state index in [0.717, 1.165) is 16.0 Å². The number of hydrogen-bond donors (Lipinski definition) is 1. The molecule has 1 atom stereocenters.